The SMILES string of the molecule is CSc1cccc(NC(=O)C2=NN(c3c(F)c(F)cc(F)c3F)C(=O)CC2)c1. The number of thioether (sulfide) groups is 1. The summed E-state index contributed by atoms with van der Waals surface area (Å²) in [5.74, 6) is -8.50. The molecule has 28 heavy (non-hydrogen) atoms. The molecular formula is C18H13F4N3O2S. The van der Waals surface area contributed by atoms with Crippen LogP contribution in [-0.2, 0) is 9.59 Å². The average molecular weight is 411 g/mol. The quantitative estimate of drug-likeness (QED) is 0.468. The summed E-state index contributed by atoms with van der Waals surface area (Å²) in [6, 6.07) is 6.92. The Morgan fingerprint density at radius 1 is 1.11 bits per heavy atom. The molecule has 5 nitrogen and oxygen atoms in total. The van der Waals surface area contributed by atoms with Gasteiger partial charge in [0, 0.05) is 29.5 Å². The van der Waals surface area contributed by atoms with Gasteiger partial charge in [0.05, 0.1) is 0 Å². The van der Waals surface area contributed by atoms with Crippen LogP contribution in [0.25, 0.3) is 0 Å². The van der Waals surface area contributed by atoms with Crippen molar-refractivity contribution in [3.63, 3.8) is 0 Å². The lowest BCUT2D eigenvalue weighted by molar-refractivity contribution is -0.118. The van der Waals surface area contributed by atoms with E-state index in [2.05, 4.69) is 10.4 Å². The molecular weight excluding hydrogens is 398 g/mol. The van der Waals surface area contributed by atoms with Crippen LogP contribution >= 0.6 is 11.8 Å². The van der Waals surface area contributed by atoms with Crippen LogP contribution < -0.4 is 10.3 Å². The molecule has 0 aliphatic carbocycles. The number of carbonyl (C=O) groups is 2. The summed E-state index contributed by atoms with van der Waals surface area (Å²) in [4.78, 5) is 25.4. The van der Waals surface area contributed by atoms with Crippen LogP contribution in [0.3, 0.4) is 0 Å². The summed E-state index contributed by atoms with van der Waals surface area (Å²) in [5, 5.41) is 6.40. The van der Waals surface area contributed by atoms with Crippen molar-refractivity contribution >= 4 is 40.7 Å². The molecule has 0 bridgehead atoms. The van der Waals surface area contributed by atoms with Gasteiger partial charge in [-0.25, -0.2) is 17.6 Å². The number of nitrogens with one attached hydrogen (secondary N) is 1. The van der Waals surface area contributed by atoms with Gasteiger partial charge in [-0.05, 0) is 24.5 Å². The molecule has 1 aliphatic heterocycles. The molecule has 1 aliphatic rings. The van der Waals surface area contributed by atoms with E-state index in [1.165, 1.54) is 11.8 Å². The number of halogens is 4. The first kappa shape index (κ1) is 19.9. The fourth-order valence-corrected chi connectivity index (χ4v) is 3.00. The van der Waals surface area contributed by atoms with Crippen LogP contribution in [0.15, 0.2) is 40.3 Å². The van der Waals surface area contributed by atoms with Gasteiger partial charge in [-0.2, -0.15) is 10.1 Å². The fourth-order valence-electron chi connectivity index (χ4n) is 2.54. The topological polar surface area (TPSA) is 61.8 Å². The van der Waals surface area contributed by atoms with E-state index in [9.17, 15) is 27.2 Å². The second-order valence-corrected chi connectivity index (χ2v) is 6.63. The average Bonchev–Trinajstić information content (AvgIpc) is 2.68. The first-order valence-corrected chi connectivity index (χ1v) is 9.23. The summed E-state index contributed by atoms with van der Waals surface area (Å²) >= 11 is 1.46. The van der Waals surface area contributed by atoms with E-state index in [4.69, 9.17) is 0 Å². The number of carbonyl (C=O) groups excluding carboxylic acids is 2. The van der Waals surface area contributed by atoms with Gasteiger partial charge in [0.1, 0.15) is 11.4 Å². The smallest absolute Gasteiger partial charge is 0.271 e. The third-order valence-electron chi connectivity index (χ3n) is 3.92. The Hall–Kier alpha value is -2.88. The first-order valence-electron chi connectivity index (χ1n) is 8.00. The minimum absolute atomic E-state index is 0.0264. The lowest BCUT2D eigenvalue weighted by Gasteiger charge is -2.24. The van der Waals surface area contributed by atoms with E-state index in [-0.39, 0.29) is 29.6 Å². The number of nitrogens with zero attached hydrogens (tertiary/aromatic N) is 2. The number of rotatable bonds is 4. The van der Waals surface area contributed by atoms with Gasteiger partial charge in [-0.3, -0.25) is 9.59 Å². The maximum absolute atomic E-state index is 14.0. The summed E-state index contributed by atoms with van der Waals surface area (Å²) in [5.41, 5.74) is -1.05. The second kappa shape index (κ2) is 8.01. The van der Waals surface area contributed by atoms with Gasteiger partial charge < -0.3 is 5.32 Å². The minimum atomic E-state index is -1.77. The molecule has 0 saturated heterocycles. The number of anilines is 2. The van der Waals surface area contributed by atoms with Crippen molar-refractivity contribution in [1.82, 2.24) is 0 Å². The van der Waals surface area contributed by atoms with E-state index in [0.717, 1.165) is 4.90 Å². The normalized spacial score (nSPS) is 14.1. The summed E-state index contributed by atoms with van der Waals surface area (Å²) in [6.07, 6.45) is 1.45. The lowest BCUT2D eigenvalue weighted by atomic mass is 10.1. The van der Waals surface area contributed by atoms with Gasteiger partial charge in [0.25, 0.3) is 5.91 Å². The molecule has 1 N–H and O–H groups in total. The maximum Gasteiger partial charge on any atom is 0.271 e. The molecule has 0 atom stereocenters. The van der Waals surface area contributed by atoms with E-state index >= 15 is 0 Å². The van der Waals surface area contributed by atoms with Crippen LogP contribution in [0.5, 0.6) is 0 Å². The largest absolute Gasteiger partial charge is 0.321 e. The zero-order valence-corrected chi connectivity index (χ0v) is 15.2. The van der Waals surface area contributed by atoms with E-state index in [1.807, 2.05) is 12.3 Å². The number of hydrogen-bond donors (Lipinski definition) is 1. The molecule has 0 spiro atoms. The standard InChI is InChI=1S/C18H13F4N3O2S/c1-28-10-4-2-3-9(7-10)23-18(27)13-5-6-14(26)25(24-13)17-15(21)11(19)8-12(20)16(17)22/h2-4,7-8H,5-6H2,1H3,(H,23,27). The zero-order valence-electron chi connectivity index (χ0n) is 14.4. The Kier molecular flexibility index (Phi) is 5.68. The molecule has 0 aromatic heterocycles. The van der Waals surface area contributed by atoms with Crippen molar-refractivity contribution in [2.75, 3.05) is 16.6 Å². The Morgan fingerprint density at radius 3 is 2.43 bits per heavy atom. The van der Waals surface area contributed by atoms with E-state index in [0.29, 0.717) is 5.69 Å². The first-order chi connectivity index (χ1) is 13.3. The predicted molar refractivity (Wildman–Crippen MR) is 97.3 cm³/mol. The third kappa shape index (κ3) is 3.86. The molecule has 2 aromatic rings. The van der Waals surface area contributed by atoms with Crippen LogP contribution in [0, 0.1) is 23.3 Å². The highest BCUT2D eigenvalue weighted by molar-refractivity contribution is 7.98. The summed E-state index contributed by atoms with van der Waals surface area (Å²) in [6.45, 7) is 0. The number of amides is 2. The van der Waals surface area contributed by atoms with Crippen molar-refractivity contribution in [2.24, 2.45) is 5.10 Å². The third-order valence-corrected chi connectivity index (χ3v) is 4.65. The maximum atomic E-state index is 14.0. The molecule has 10 heteroatoms. The summed E-state index contributed by atoms with van der Waals surface area (Å²) < 4.78 is 55.0. The molecule has 0 radical (unpaired) electrons. The van der Waals surface area contributed by atoms with Gasteiger partial charge in [-0.15, -0.1) is 11.8 Å². The van der Waals surface area contributed by atoms with Crippen LogP contribution in [-0.4, -0.2) is 23.8 Å². The van der Waals surface area contributed by atoms with Crippen molar-refractivity contribution < 1.29 is 27.2 Å². The summed E-state index contributed by atoms with van der Waals surface area (Å²) in [7, 11) is 0. The van der Waals surface area contributed by atoms with Crippen molar-refractivity contribution in [3.05, 3.63) is 53.6 Å². The lowest BCUT2D eigenvalue weighted by Crippen LogP contribution is -2.37. The molecule has 2 aromatic carbocycles. The molecule has 146 valence electrons. The van der Waals surface area contributed by atoms with Crippen LogP contribution in [0.4, 0.5) is 28.9 Å². The van der Waals surface area contributed by atoms with Gasteiger partial charge >= 0.3 is 0 Å². The highest BCUT2D eigenvalue weighted by Crippen LogP contribution is 2.30. The fraction of sp³-hybridized carbons (Fsp3) is 0.167. The number of benzene rings is 2. The van der Waals surface area contributed by atoms with E-state index in [1.54, 1.807) is 18.2 Å². The Balaban J connectivity index is 1.94. The number of hydrogen-bond acceptors (Lipinski definition) is 4. The van der Waals surface area contributed by atoms with Gasteiger partial charge in [-0.1, -0.05) is 6.07 Å². The van der Waals surface area contributed by atoms with Gasteiger partial charge in [0.2, 0.25) is 5.91 Å². The molecule has 3 rings (SSSR count). The monoisotopic (exact) mass is 411 g/mol. The molecule has 1 heterocycles. The predicted octanol–water partition coefficient (Wildman–Crippen LogP) is 4.09. The number of hydrazone groups is 1. The van der Waals surface area contributed by atoms with Crippen molar-refractivity contribution in [1.29, 1.82) is 0 Å². The van der Waals surface area contributed by atoms with Crippen LogP contribution in [0.1, 0.15) is 12.8 Å². The molecule has 0 fully saturated rings. The van der Waals surface area contributed by atoms with Crippen molar-refractivity contribution in [2.45, 2.75) is 17.7 Å². The Morgan fingerprint density at radius 2 is 1.79 bits per heavy atom. The highest BCUT2D eigenvalue weighted by atomic mass is 32.2. The van der Waals surface area contributed by atoms with E-state index < -0.39 is 40.8 Å². The van der Waals surface area contributed by atoms with Crippen LogP contribution in [0.2, 0.25) is 0 Å². The second-order valence-electron chi connectivity index (χ2n) is 5.76. The zero-order chi connectivity index (χ0) is 20.4. The molecule has 0 saturated carbocycles. The molecule has 2 amide bonds. The van der Waals surface area contributed by atoms with Crippen molar-refractivity contribution in [3.8, 4) is 0 Å². The molecule has 0 unspecified atom stereocenters. The Bertz CT molecular complexity index is 971. The Labute approximate surface area is 161 Å². The van der Waals surface area contributed by atoms with Gasteiger partial charge in [0.15, 0.2) is 23.3 Å². The highest BCUT2D eigenvalue weighted by Gasteiger charge is 2.32. The minimum Gasteiger partial charge on any atom is -0.321 e.